The van der Waals surface area contributed by atoms with Gasteiger partial charge in [0.2, 0.25) is 5.91 Å². The van der Waals surface area contributed by atoms with Gasteiger partial charge < -0.3 is 31.5 Å². The second-order valence-electron chi connectivity index (χ2n) is 5.60. The molecule has 1 fully saturated rings. The molecule has 1 aliphatic rings. The van der Waals surface area contributed by atoms with Crippen molar-refractivity contribution < 1.29 is 24.7 Å². The van der Waals surface area contributed by atoms with Crippen LogP contribution in [0.1, 0.15) is 19.8 Å². The number of piperidine rings is 1. The van der Waals surface area contributed by atoms with E-state index in [2.05, 4.69) is 0 Å². The maximum Gasteiger partial charge on any atom is 0.451 e. The lowest BCUT2D eigenvalue weighted by atomic mass is 9.75. The van der Waals surface area contributed by atoms with Crippen molar-refractivity contribution in [2.75, 3.05) is 13.1 Å². The van der Waals surface area contributed by atoms with Gasteiger partial charge in [-0.25, -0.2) is 0 Å². The van der Waals surface area contributed by atoms with E-state index in [-0.39, 0.29) is 55.9 Å². The van der Waals surface area contributed by atoms with E-state index >= 15 is 0 Å². The van der Waals surface area contributed by atoms with Crippen LogP contribution in [0.2, 0.25) is 6.32 Å². The van der Waals surface area contributed by atoms with E-state index < -0.39 is 24.7 Å². The van der Waals surface area contributed by atoms with Crippen LogP contribution < -0.4 is 11.5 Å². The number of carbonyl (C=O) groups is 2. The zero-order chi connectivity index (χ0) is 15.5. The fraction of sp³-hybridized carbons (Fsp3) is 0.818. The number of carboxylic acid groups (broad SMARTS) is 1. The van der Waals surface area contributed by atoms with Gasteiger partial charge >= 0.3 is 13.1 Å². The fourth-order valence-corrected chi connectivity index (χ4v) is 2.55. The van der Waals surface area contributed by atoms with Gasteiger partial charge in [0.05, 0.1) is 6.04 Å². The molecular weight excluding hydrogens is 336 g/mol. The van der Waals surface area contributed by atoms with Crippen molar-refractivity contribution in [1.82, 2.24) is 4.90 Å². The van der Waals surface area contributed by atoms with E-state index in [1.807, 2.05) is 0 Å². The predicted molar refractivity (Wildman–Crippen MR) is 87.0 cm³/mol. The lowest BCUT2D eigenvalue weighted by Crippen LogP contribution is -2.64. The summed E-state index contributed by atoms with van der Waals surface area (Å²) in [5, 5.41) is 27.0. The van der Waals surface area contributed by atoms with E-state index in [1.54, 1.807) is 0 Å². The van der Waals surface area contributed by atoms with Crippen LogP contribution in [0.15, 0.2) is 0 Å². The first-order chi connectivity index (χ1) is 9.15. The maximum absolute atomic E-state index is 11.9. The highest BCUT2D eigenvalue weighted by molar-refractivity contribution is 6.40. The Morgan fingerprint density at radius 3 is 2.36 bits per heavy atom. The standard InChI is InChI=1S/C11H22BN3O5.2ClH/c1-7(13)9(16)15-5-8(2-3-12(19)20)4-11(14,6-15)10(17)18;;/h7-8,19-20H,2-6,13-14H2,1H3,(H,17,18);2*1H/t7-,8+,11-;;/m1../s1. The number of hydrogen-bond donors (Lipinski definition) is 5. The smallest absolute Gasteiger partial charge is 0.451 e. The molecule has 3 atom stereocenters. The molecule has 1 rings (SSSR count). The molecule has 1 heterocycles. The number of amides is 1. The molecule has 0 bridgehead atoms. The predicted octanol–water partition coefficient (Wildman–Crippen LogP) is -1.33. The summed E-state index contributed by atoms with van der Waals surface area (Å²) in [6.45, 7) is 1.78. The molecular formula is C11H24BCl2N3O5. The molecule has 1 aliphatic heterocycles. The molecule has 1 amide bonds. The number of halogens is 2. The average Bonchev–Trinajstić information content (AvgIpc) is 2.34. The van der Waals surface area contributed by atoms with Gasteiger partial charge in [-0.05, 0) is 25.6 Å². The lowest BCUT2D eigenvalue weighted by Gasteiger charge is -2.42. The number of nitrogens with zero attached hydrogens (tertiary/aromatic N) is 1. The van der Waals surface area contributed by atoms with Crippen molar-refractivity contribution >= 4 is 43.8 Å². The Bertz CT molecular complexity index is 389. The summed E-state index contributed by atoms with van der Waals surface area (Å²) >= 11 is 0. The number of rotatable bonds is 5. The van der Waals surface area contributed by atoms with Gasteiger partial charge in [0.25, 0.3) is 0 Å². The third-order valence-corrected chi connectivity index (χ3v) is 3.56. The van der Waals surface area contributed by atoms with Gasteiger partial charge in [0.15, 0.2) is 0 Å². The summed E-state index contributed by atoms with van der Waals surface area (Å²) < 4.78 is 0. The highest BCUT2D eigenvalue weighted by Gasteiger charge is 2.44. The van der Waals surface area contributed by atoms with Crippen molar-refractivity contribution in [3.63, 3.8) is 0 Å². The zero-order valence-corrected chi connectivity index (χ0v) is 14.0. The Balaban J connectivity index is 0. The largest absolute Gasteiger partial charge is 0.480 e. The van der Waals surface area contributed by atoms with Crippen molar-refractivity contribution in [2.45, 2.75) is 37.7 Å². The summed E-state index contributed by atoms with van der Waals surface area (Å²) in [7, 11) is -1.45. The topological polar surface area (TPSA) is 150 Å². The molecule has 1 saturated heterocycles. The summed E-state index contributed by atoms with van der Waals surface area (Å²) in [6.07, 6.45) is 0.686. The number of carboxylic acids is 1. The SMILES string of the molecule is C[C@@H](N)C(=O)N1C[C@@H](CCB(O)O)C[C@](N)(C(=O)O)C1.Cl.Cl. The molecule has 130 valence electrons. The molecule has 22 heavy (non-hydrogen) atoms. The van der Waals surface area contributed by atoms with Crippen LogP contribution in [0.5, 0.6) is 0 Å². The Labute approximate surface area is 142 Å². The number of aliphatic carboxylic acids is 1. The minimum Gasteiger partial charge on any atom is -0.480 e. The summed E-state index contributed by atoms with van der Waals surface area (Å²) in [4.78, 5) is 24.6. The van der Waals surface area contributed by atoms with Crippen molar-refractivity contribution in [3.8, 4) is 0 Å². The quantitative estimate of drug-likeness (QED) is 0.381. The van der Waals surface area contributed by atoms with Gasteiger partial charge in [-0.1, -0.05) is 6.42 Å². The van der Waals surface area contributed by atoms with Gasteiger partial charge in [-0.3, -0.25) is 9.59 Å². The molecule has 0 aromatic rings. The molecule has 0 aromatic heterocycles. The Kier molecular flexibility index (Phi) is 10.3. The van der Waals surface area contributed by atoms with Crippen molar-refractivity contribution in [1.29, 1.82) is 0 Å². The van der Waals surface area contributed by atoms with E-state index in [9.17, 15) is 14.7 Å². The molecule has 7 N–H and O–H groups in total. The zero-order valence-electron chi connectivity index (χ0n) is 12.3. The first-order valence-electron chi connectivity index (χ1n) is 6.58. The molecule has 8 nitrogen and oxygen atoms in total. The Morgan fingerprint density at radius 1 is 1.41 bits per heavy atom. The number of carbonyl (C=O) groups excluding carboxylic acids is 1. The van der Waals surface area contributed by atoms with Crippen LogP contribution in [0, 0.1) is 5.92 Å². The van der Waals surface area contributed by atoms with E-state index in [4.69, 9.17) is 21.5 Å². The highest BCUT2D eigenvalue weighted by Crippen LogP contribution is 2.28. The average molecular weight is 360 g/mol. The van der Waals surface area contributed by atoms with E-state index in [1.165, 1.54) is 11.8 Å². The van der Waals surface area contributed by atoms with Crippen LogP contribution in [0.25, 0.3) is 0 Å². The molecule has 0 aliphatic carbocycles. The fourth-order valence-electron chi connectivity index (χ4n) is 2.55. The van der Waals surface area contributed by atoms with Crippen LogP contribution in [-0.4, -0.2) is 63.7 Å². The lowest BCUT2D eigenvalue weighted by molar-refractivity contribution is -0.149. The molecule has 0 aromatic carbocycles. The third kappa shape index (κ3) is 6.27. The Hall–Kier alpha value is -0.575. The van der Waals surface area contributed by atoms with Crippen LogP contribution in [0.4, 0.5) is 0 Å². The number of hydrogen-bond acceptors (Lipinski definition) is 6. The summed E-state index contributed by atoms with van der Waals surface area (Å²) in [5.41, 5.74) is 9.89. The maximum atomic E-state index is 11.9. The third-order valence-electron chi connectivity index (χ3n) is 3.56. The normalized spacial score (nSPS) is 25.5. The second-order valence-corrected chi connectivity index (χ2v) is 5.60. The highest BCUT2D eigenvalue weighted by atomic mass is 35.5. The minimum absolute atomic E-state index is 0. The van der Waals surface area contributed by atoms with Gasteiger partial charge in [-0.2, -0.15) is 0 Å². The summed E-state index contributed by atoms with van der Waals surface area (Å²) in [5.74, 6) is -1.72. The van der Waals surface area contributed by atoms with Crippen LogP contribution in [0.3, 0.4) is 0 Å². The first kappa shape index (κ1) is 23.7. The second kappa shape index (κ2) is 9.54. The molecule has 11 heteroatoms. The summed E-state index contributed by atoms with van der Waals surface area (Å²) in [6, 6.07) is -0.727. The molecule has 0 spiro atoms. The molecule has 0 saturated carbocycles. The van der Waals surface area contributed by atoms with E-state index in [0.29, 0.717) is 13.0 Å². The first-order valence-corrected chi connectivity index (χ1v) is 6.58. The molecule has 0 radical (unpaired) electrons. The monoisotopic (exact) mass is 359 g/mol. The van der Waals surface area contributed by atoms with Gasteiger partial charge in [-0.15, -0.1) is 24.8 Å². The number of likely N-dealkylation sites (tertiary alicyclic amines) is 1. The minimum atomic E-state index is -1.52. The van der Waals surface area contributed by atoms with Gasteiger partial charge in [0.1, 0.15) is 5.54 Å². The molecule has 0 unspecified atom stereocenters. The van der Waals surface area contributed by atoms with Gasteiger partial charge in [0, 0.05) is 13.1 Å². The van der Waals surface area contributed by atoms with Crippen LogP contribution in [-0.2, 0) is 9.59 Å². The Morgan fingerprint density at radius 2 is 1.95 bits per heavy atom. The van der Waals surface area contributed by atoms with Crippen LogP contribution >= 0.6 is 24.8 Å². The number of nitrogens with two attached hydrogens (primary N) is 2. The van der Waals surface area contributed by atoms with Crippen molar-refractivity contribution in [2.24, 2.45) is 17.4 Å². The van der Waals surface area contributed by atoms with E-state index in [0.717, 1.165) is 0 Å². The van der Waals surface area contributed by atoms with Crippen molar-refractivity contribution in [3.05, 3.63) is 0 Å².